The van der Waals surface area contributed by atoms with Gasteiger partial charge < -0.3 is 93.6 Å². The van der Waals surface area contributed by atoms with E-state index in [1.165, 1.54) is 127 Å². The quantitative estimate of drug-likeness (QED) is 0.0148. The van der Waals surface area contributed by atoms with Crippen molar-refractivity contribution in [1.29, 1.82) is 0 Å². The fourth-order valence-electron chi connectivity index (χ4n) is 19.7. The molecule has 10 aromatic carbocycles. The van der Waals surface area contributed by atoms with Crippen LogP contribution in [0.1, 0.15) is 64.8 Å². The highest BCUT2D eigenvalue weighted by molar-refractivity contribution is 8.00. The van der Waals surface area contributed by atoms with E-state index < -0.39 is 0 Å². The van der Waals surface area contributed by atoms with Crippen molar-refractivity contribution in [3.8, 4) is 0 Å². The molecule has 5 saturated heterocycles. The fourth-order valence-corrected chi connectivity index (χ4v) is 25.0. The van der Waals surface area contributed by atoms with Crippen LogP contribution >= 0.6 is 58.8 Å². The number of para-hydroxylation sites is 5. The average molecular weight is 1980 g/mol. The van der Waals surface area contributed by atoms with E-state index in [9.17, 15) is 14.4 Å². The Balaban J connectivity index is 0.000000126. The highest BCUT2D eigenvalue weighted by atomic mass is 32.2. The van der Waals surface area contributed by atoms with Gasteiger partial charge in [-0.2, -0.15) is 0 Å². The first-order chi connectivity index (χ1) is 68.6. The van der Waals surface area contributed by atoms with Crippen molar-refractivity contribution in [1.82, 2.24) is 55.1 Å². The molecule has 0 unspecified atom stereocenters. The van der Waals surface area contributed by atoms with Gasteiger partial charge in [0.1, 0.15) is 0 Å². The fraction of sp³-hybridized carbons (Fsp3) is 0.404. The van der Waals surface area contributed by atoms with Gasteiger partial charge in [0.15, 0.2) is 11.4 Å². The molecular formula is C109H137N23O3S5. The van der Waals surface area contributed by atoms with Crippen molar-refractivity contribution in [2.24, 2.45) is 28.7 Å². The highest BCUT2D eigenvalue weighted by Crippen LogP contribution is 2.54. The molecule has 0 saturated carbocycles. The monoisotopic (exact) mass is 1980 g/mol. The maximum Gasteiger partial charge on any atom is 0.248 e. The number of piperazine rings is 5. The molecule has 3 amide bonds. The second-order valence-corrected chi connectivity index (χ2v) is 42.1. The predicted molar refractivity (Wildman–Crippen MR) is 579 cm³/mol. The molecule has 10 aromatic rings. The van der Waals surface area contributed by atoms with Crippen LogP contribution in [0.5, 0.6) is 0 Å². The Morgan fingerprint density at radius 2 is 0.557 bits per heavy atom. The zero-order valence-corrected chi connectivity index (χ0v) is 85.1. The number of unbranched alkanes of at least 4 members (excludes halogenated alkanes) is 1. The van der Waals surface area contributed by atoms with Crippen molar-refractivity contribution in [3.63, 3.8) is 0 Å². The number of hydrogen-bond donors (Lipinski definition) is 8. The van der Waals surface area contributed by atoms with E-state index in [2.05, 4.69) is 248 Å². The number of carbonyl (C=O) groups excluding carboxylic acids is 3. The van der Waals surface area contributed by atoms with E-state index in [0.717, 1.165) is 252 Å². The minimum Gasteiger partial charge on any atom is -0.366 e. The topological polar surface area (TPSA) is 268 Å². The largest absolute Gasteiger partial charge is 0.366 e. The molecule has 0 radical (unpaired) electrons. The molecule has 0 aromatic heterocycles. The second-order valence-electron chi connectivity index (χ2n) is 36.7. The number of benzene rings is 10. The lowest BCUT2D eigenvalue weighted by Crippen LogP contribution is -2.49. The molecule has 31 heteroatoms. The minimum absolute atomic E-state index is 0.0532. The van der Waals surface area contributed by atoms with Crippen LogP contribution in [0.15, 0.2) is 261 Å². The lowest BCUT2D eigenvalue weighted by molar-refractivity contribution is -0.119. The van der Waals surface area contributed by atoms with E-state index >= 15 is 0 Å². The molecular weight excluding hydrogens is 1840 g/mol. The molecule has 10 heterocycles. The summed E-state index contributed by atoms with van der Waals surface area (Å²) in [5.74, 6) is -0.851. The van der Waals surface area contributed by atoms with Crippen LogP contribution in [0, 0.1) is 20.1 Å². The Morgan fingerprint density at radius 1 is 0.300 bits per heavy atom. The molecule has 0 aliphatic carbocycles. The number of primary amides is 2. The molecule has 26 nitrogen and oxygen atoms in total. The number of anilines is 10. The smallest absolute Gasteiger partial charge is 0.248 e. The number of fused-ring (bicyclic) bond motifs is 10. The summed E-state index contributed by atoms with van der Waals surface area (Å²) in [6.45, 7) is 54.6. The number of nitrogens with one attached hydrogen (secondary N) is 3. The summed E-state index contributed by atoms with van der Waals surface area (Å²) in [5.41, 5.74) is 43.7. The third-order valence-corrected chi connectivity index (χ3v) is 32.9. The molecule has 10 aliphatic rings. The lowest BCUT2D eigenvalue weighted by Gasteiger charge is -2.36. The molecule has 0 bridgehead atoms. The number of rotatable bonds is 31. The molecule has 5 fully saturated rings. The van der Waals surface area contributed by atoms with Crippen LogP contribution < -0.4 is 69.1 Å². The predicted octanol–water partition coefficient (Wildman–Crippen LogP) is 16.1. The molecule has 0 spiro atoms. The molecule has 0 atom stereocenters. The average Bonchev–Trinajstić information content (AvgIpc) is 0.785. The number of hydrogen-bond acceptors (Lipinski definition) is 26. The van der Waals surface area contributed by atoms with E-state index in [-0.39, 0.29) is 24.3 Å². The molecule has 10 aliphatic heterocycles. The normalized spacial score (nSPS) is 16.9. The Labute approximate surface area is 849 Å². The Hall–Kier alpha value is -10.2. The number of nitrogens with two attached hydrogens (primary N) is 5. The van der Waals surface area contributed by atoms with Crippen LogP contribution in [0.4, 0.5) is 68.2 Å². The van der Waals surface area contributed by atoms with Gasteiger partial charge in [0.2, 0.25) is 17.7 Å². The summed E-state index contributed by atoms with van der Waals surface area (Å²) >= 11 is 8.99. The third-order valence-electron chi connectivity index (χ3n) is 27.2. The van der Waals surface area contributed by atoms with Gasteiger partial charge in [-0.15, -0.1) is 0 Å². The van der Waals surface area contributed by atoms with Gasteiger partial charge in [-0.3, -0.25) is 29.1 Å². The zero-order valence-electron chi connectivity index (χ0n) is 81.0. The third kappa shape index (κ3) is 27.6. The van der Waals surface area contributed by atoms with Crippen molar-refractivity contribution in [3.05, 3.63) is 252 Å². The first-order valence-corrected chi connectivity index (χ1v) is 54.0. The zero-order chi connectivity index (χ0) is 96.9. The van der Waals surface area contributed by atoms with Crippen LogP contribution in [-0.2, 0) is 4.79 Å². The van der Waals surface area contributed by atoms with Gasteiger partial charge in [-0.05, 0) is 205 Å². The van der Waals surface area contributed by atoms with Crippen molar-refractivity contribution >= 4 is 145 Å². The maximum absolute atomic E-state index is 11.7. The van der Waals surface area contributed by atoms with Crippen LogP contribution in [0.2, 0.25) is 0 Å². The minimum atomic E-state index is -0.382. The number of amides is 3. The van der Waals surface area contributed by atoms with Gasteiger partial charge in [0.05, 0.1) is 65.2 Å². The van der Waals surface area contributed by atoms with Gasteiger partial charge >= 0.3 is 0 Å². The standard InChI is InChI=1S/C24H30N6OS.C22H29N5OS.C22H27N5S.C21H27N3S.C20H24N4OS/c1-26-19-7-8-23-21(17-19)30(20-5-2-3-6-22(20)32-23)11-4-10-28-13-15-29(16-14-28)12-9-27-24(31)18-25;23-8-11-26-14-12-25(13-15-26)9-3-10-27-18-4-1-2-5-20(18)29-21-7-6-17(22(24)28)16-19(21)27;1-24-18-7-8-22-20(17-18)27(19-5-2-3-6-21(19)28-22)11-4-10-25-13-15-26(12-9-23)16-14-25;1-17-8-9-21-19(16-17)24(18-6-2-3-7-20(18)25-21)13-5-4-12-23-14-10-22-11-15-23;21-20(25)15-6-7-19-17(14-15)24(16-4-1-2-5-18(16)26-19)11-3-10-23-12-8-22-9-13-23/h2-3,5-8,17H,4,9-16,18,25H2,(H,27,31);1-2,4-7,16H,3,8-15,23H2,(H2,24,28);2-3,5-8,17H,4,9-16,23H2;2-3,6-9,16,22H,4-5,10-15H2,1H3;1-2,4-7,14,22H,3,8-13H2,(H2,21,25). The Bertz CT molecular complexity index is 5870. The maximum atomic E-state index is 11.7. The van der Waals surface area contributed by atoms with E-state index in [1.54, 1.807) is 47.0 Å². The highest BCUT2D eigenvalue weighted by Gasteiger charge is 2.32. The van der Waals surface area contributed by atoms with Crippen molar-refractivity contribution in [2.75, 3.05) is 267 Å². The van der Waals surface area contributed by atoms with Crippen molar-refractivity contribution < 1.29 is 14.4 Å². The molecule has 140 heavy (non-hydrogen) atoms. The number of aryl methyl sites for hydroxylation is 1. The molecule has 736 valence electrons. The van der Waals surface area contributed by atoms with Crippen LogP contribution in [-0.4, -0.2) is 299 Å². The summed E-state index contributed by atoms with van der Waals surface area (Å²) < 4.78 is 0. The number of carbonyl (C=O) groups is 3. The van der Waals surface area contributed by atoms with E-state index in [1.807, 2.05) is 72.4 Å². The van der Waals surface area contributed by atoms with Gasteiger partial charge in [-0.25, -0.2) is 9.69 Å². The summed E-state index contributed by atoms with van der Waals surface area (Å²) in [6, 6.07) is 73.3. The first kappa shape index (κ1) is 103. The van der Waals surface area contributed by atoms with Gasteiger partial charge in [0, 0.05) is 274 Å². The summed E-state index contributed by atoms with van der Waals surface area (Å²) in [7, 11) is 0. The van der Waals surface area contributed by atoms with Gasteiger partial charge in [0.25, 0.3) is 0 Å². The summed E-state index contributed by atoms with van der Waals surface area (Å²) in [5, 5.41) is 9.67. The second kappa shape index (κ2) is 52.2. The molecule has 13 N–H and O–H groups in total. The Kier molecular flexibility index (Phi) is 38.3. The van der Waals surface area contributed by atoms with Crippen LogP contribution in [0.25, 0.3) is 9.69 Å². The summed E-state index contributed by atoms with van der Waals surface area (Å²) in [4.78, 5) is 86.6. The SMILES string of the molecule is Cc1ccc2c(c1)N(CCCCN1CCNCC1)c1ccccc1S2.NC(=O)c1ccc2c(c1)N(CCCN1CCNCC1)c1ccccc1S2.NCCN1CCN(CCCN2c3ccccc3Sc3ccc(C(N)=O)cc32)CC1.[C-]#[N+]c1ccc2c(c1)N(CCCN1CCN(CCN)CC1)c1ccccc1S2.[C-]#[N+]c1ccc2c(c1)N(CCCN1CCN(CCNC(=O)CN)CC1)c1ccccc1S2. The number of nitrogens with zero attached hydrogens (tertiary/aromatic N) is 15. The Morgan fingerprint density at radius 3 is 0.871 bits per heavy atom. The first-order valence-electron chi connectivity index (χ1n) is 50.0. The summed E-state index contributed by atoms with van der Waals surface area (Å²) in [6.07, 6.45) is 6.82. The molecule has 20 rings (SSSR count). The van der Waals surface area contributed by atoms with Gasteiger partial charge in [-0.1, -0.05) is 150 Å². The van der Waals surface area contributed by atoms with Crippen LogP contribution in [0.3, 0.4) is 0 Å². The van der Waals surface area contributed by atoms with E-state index in [0.29, 0.717) is 29.0 Å². The van der Waals surface area contributed by atoms with E-state index in [4.69, 9.17) is 41.8 Å². The lowest BCUT2D eigenvalue weighted by atomic mass is 10.1. The van der Waals surface area contributed by atoms with Crippen molar-refractivity contribution in [2.45, 2.75) is 94.4 Å².